The Labute approximate surface area is 179 Å². The SMILES string of the molecule is NC(=O)C1CCN(CCc2ccc(NC(=O)CN3CCCCCCC3=O)cc2)CC1. The molecule has 7 heteroatoms. The van der Waals surface area contributed by atoms with Gasteiger partial charge in [-0.1, -0.05) is 25.0 Å². The van der Waals surface area contributed by atoms with Crippen LogP contribution in [0.3, 0.4) is 0 Å². The lowest BCUT2D eigenvalue weighted by Gasteiger charge is -2.30. The Kier molecular flexibility index (Phi) is 8.25. The standard InChI is InChI=1S/C23H34N4O3/c24-23(30)19-11-15-26(16-12-19)14-10-18-6-8-20(9-7-18)25-21(28)17-27-13-4-2-1-3-5-22(27)29/h6-9,19H,1-5,10-17H2,(H2,24,30)(H,25,28). The number of hydrogen-bond donors (Lipinski definition) is 2. The van der Waals surface area contributed by atoms with E-state index < -0.39 is 0 Å². The number of benzene rings is 1. The van der Waals surface area contributed by atoms with E-state index in [1.54, 1.807) is 4.90 Å². The van der Waals surface area contributed by atoms with Crippen molar-refractivity contribution >= 4 is 23.4 Å². The fourth-order valence-corrected chi connectivity index (χ4v) is 4.24. The van der Waals surface area contributed by atoms with Crippen LogP contribution >= 0.6 is 0 Å². The van der Waals surface area contributed by atoms with Crippen molar-refractivity contribution in [3.05, 3.63) is 29.8 Å². The molecule has 2 aliphatic heterocycles. The number of likely N-dealkylation sites (tertiary alicyclic amines) is 2. The Bertz CT molecular complexity index is 726. The van der Waals surface area contributed by atoms with Gasteiger partial charge >= 0.3 is 0 Å². The second kappa shape index (κ2) is 11.1. The Morgan fingerprint density at radius 1 is 1.00 bits per heavy atom. The van der Waals surface area contributed by atoms with E-state index in [0.29, 0.717) is 13.0 Å². The van der Waals surface area contributed by atoms with E-state index in [9.17, 15) is 14.4 Å². The Hall–Kier alpha value is -2.41. The molecule has 2 fully saturated rings. The molecular weight excluding hydrogens is 380 g/mol. The molecule has 0 saturated carbocycles. The zero-order chi connectivity index (χ0) is 21.3. The first-order valence-electron chi connectivity index (χ1n) is 11.2. The number of nitrogens with zero attached hydrogens (tertiary/aromatic N) is 2. The van der Waals surface area contributed by atoms with Gasteiger partial charge in [-0.05, 0) is 62.9 Å². The lowest BCUT2D eigenvalue weighted by Crippen LogP contribution is -2.39. The molecule has 1 aromatic rings. The van der Waals surface area contributed by atoms with Crippen molar-refractivity contribution in [2.75, 3.05) is 38.0 Å². The molecule has 0 radical (unpaired) electrons. The third-order valence-corrected chi connectivity index (χ3v) is 6.20. The highest BCUT2D eigenvalue weighted by Gasteiger charge is 2.22. The maximum absolute atomic E-state index is 12.4. The topological polar surface area (TPSA) is 95.7 Å². The van der Waals surface area contributed by atoms with Gasteiger partial charge in [-0.15, -0.1) is 0 Å². The van der Waals surface area contributed by atoms with E-state index in [-0.39, 0.29) is 30.2 Å². The minimum absolute atomic E-state index is 0.0261. The molecular formula is C23H34N4O3. The van der Waals surface area contributed by atoms with Crippen LogP contribution in [0, 0.1) is 5.92 Å². The minimum Gasteiger partial charge on any atom is -0.369 e. The molecule has 2 saturated heterocycles. The molecule has 0 aliphatic carbocycles. The first-order chi connectivity index (χ1) is 14.5. The molecule has 0 unspecified atom stereocenters. The van der Waals surface area contributed by atoms with Gasteiger partial charge in [0.15, 0.2) is 0 Å². The van der Waals surface area contributed by atoms with Gasteiger partial charge < -0.3 is 20.9 Å². The number of carbonyl (C=O) groups excluding carboxylic acids is 3. The molecule has 0 spiro atoms. The summed E-state index contributed by atoms with van der Waals surface area (Å²) in [5.41, 5.74) is 7.36. The molecule has 3 N–H and O–H groups in total. The number of hydrogen-bond acceptors (Lipinski definition) is 4. The molecule has 3 rings (SSSR count). The zero-order valence-corrected chi connectivity index (χ0v) is 17.8. The second-order valence-electron chi connectivity index (χ2n) is 8.49. The summed E-state index contributed by atoms with van der Waals surface area (Å²) in [7, 11) is 0. The third kappa shape index (κ3) is 6.83. The first-order valence-corrected chi connectivity index (χ1v) is 11.2. The average molecular weight is 415 g/mol. The van der Waals surface area contributed by atoms with E-state index in [1.807, 2.05) is 24.3 Å². The van der Waals surface area contributed by atoms with Gasteiger partial charge in [-0.2, -0.15) is 0 Å². The summed E-state index contributed by atoms with van der Waals surface area (Å²) >= 11 is 0. The summed E-state index contributed by atoms with van der Waals surface area (Å²) in [5.74, 6) is -0.213. The van der Waals surface area contributed by atoms with Crippen LogP contribution in [0.5, 0.6) is 0 Å². The summed E-state index contributed by atoms with van der Waals surface area (Å²) in [6.07, 6.45) is 7.27. The fourth-order valence-electron chi connectivity index (χ4n) is 4.24. The summed E-state index contributed by atoms with van der Waals surface area (Å²) in [6, 6.07) is 7.91. The number of nitrogens with one attached hydrogen (secondary N) is 1. The van der Waals surface area contributed by atoms with Crippen molar-refractivity contribution < 1.29 is 14.4 Å². The predicted octanol–water partition coefficient (Wildman–Crippen LogP) is 2.16. The summed E-state index contributed by atoms with van der Waals surface area (Å²) in [5, 5.41) is 2.91. The molecule has 1 aromatic carbocycles. The van der Waals surface area contributed by atoms with Gasteiger partial charge in [0, 0.05) is 31.1 Å². The van der Waals surface area contributed by atoms with Gasteiger partial charge in [0.1, 0.15) is 0 Å². The van der Waals surface area contributed by atoms with E-state index in [1.165, 1.54) is 5.56 Å². The Balaban J connectivity index is 1.41. The van der Waals surface area contributed by atoms with Crippen LogP contribution in [0.4, 0.5) is 5.69 Å². The highest BCUT2D eigenvalue weighted by atomic mass is 16.2. The van der Waals surface area contributed by atoms with Crippen LogP contribution in [0.1, 0.15) is 50.5 Å². The zero-order valence-electron chi connectivity index (χ0n) is 17.8. The lowest BCUT2D eigenvalue weighted by molar-refractivity contribution is -0.135. The number of rotatable bonds is 7. The smallest absolute Gasteiger partial charge is 0.243 e. The quantitative estimate of drug-likeness (QED) is 0.715. The van der Waals surface area contributed by atoms with Crippen LogP contribution in [-0.4, -0.2) is 60.2 Å². The van der Waals surface area contributed by atoms with Crippen LogP contribution in [-0.2, 0) is 20.8 Å². The molecule has 2 heterocycles. The lowest BCUT2D eigenvalue weighted by atomic mass is 9.96. The fraction of sp³-hybridized carbons (Fsp3) is 0.609. The maximum Gasteiger partial charge on any atom is 0.243 e. The van der Waals surface area contributed by atoms with E-state index in [4.69, 9.17) is 5.73 Å². The molecule has 30 heavy (non-hydrogen) atoms. The highest BCUT2D eigenvalue weighted by Crippen LogP contribution is 2.18. The number of amides is 3. The van der Waals surface area contributed by atoms with Crippen molar-refractivity contribution in [1.82, 2.24) is 9.80 Å². The maximum atomic E-state index is 12.4. The van der Waals surface area contributed by atoms with Crippen molar-refractivity contribution in [1.29, 1.82) is 0 Å². The van der Waals surface area contributed by atoms with E-state index in [0.717, 1.165) is 70.3 Å². The van der Waals surface area contributed by atoms with E-state index >= 15 is 0 Å². The van der Waals surface area contributed by atoms with Gasteiger partial charge in [0.2, 0.25) is 17.7 Å². The number of carbonyl (C=O) groups is 3. The Morgan fingerprint density at radius 3 is 2.40 bits per heavy atom. The predicted molar refractivity (Wildman–Crippen MR) is 117 cm³/mol. The molecule has 0 atom stereocenters. The number of nitrogens with two attached hydrogens (primary N) is 1. The van der Waals surface area contributed by atoms with Crippen LogP contribution in [0.2, 0.25) is 0 Å². The van der Waals surface area contributed by atoms with Crippen molar-refractivity contribution in [2.45, 2.75) is 51.4 Å². The summed E-state index contributed by atoms with van der Waals surface area (Å²) in [4.78, 5) is 39.9. The Morgan fingerprint density at radius 2 is 1.70 bits per heavy atom. The number of primary amides is 1. The second-order valence-corrected chi connectivity index (χ2v) is 8.49. The van der Waals surface area contributed by atoms with Crippen LogP contribution < -0.4 is 11.1 Å². The summed E-state index contributed by atoms with van der Waals surface area (Å²) in [6.45, 7) is 3.58. The van der Waals surface area contributed by atoms with Crippen molar-refractivity contribution in [3.8, 4) is 0 Å². The highest BCUT2D eigenvalue weighted by molar-refractivity contribution is 5.94. The monoisotopic (exact) mass is 414 g/mol. The number of anilines is 1. The molecule has 164 valence electrons. The largest absolute Gasteiger partial charge is 0.369 e. The van der Waals surface area contributed by atoms with Gasteiger partial charge in [0.25, 0.3) is 0 Å². The minimum atomic E-state index is -0.178. The van der Waals surface area contributed by atoms with Gasteiger partial charge in [0.05, 0.1) is 6.54 Å². The molecule has 7 nitrogen and oxygen atoms in total. The molecule has 0 bridgehead atoms. The van der Waals surface area contributed by atoms with Crippen molar-refractivity contribution in [3.63, 3.8) is 0 Å². The molecule has 0 aromatic heterocycles. The summed E-state index contributed by atoms with van der Waals surface area (Å²) < 4.78 is 0. The average Bonchev–Trinajstić information content (AvgIpc) is 2.73. The number of piperidine rings is 1. The normalized spacial score (nSPS) is 19.2. The van der Waals surface area contributed by atoms with Gasteiger partial charge in [-0.25, -0.2) is 0 Å². The first kappa shape index (κ1) is 22.3. The molecule has 2 aliphatic rings. The van der Waals surface area contributed by atoms with Crippen LogP contribution in [0.15, 0.2) is 24.3 Å². The van der Waals surface area contributed by atoms with Crippen molar-refractivity contribution in [2.24, 2.45) is 11.7 Å². The third-order valence-electron chi connectivity index (χ3n) is 6.20. The van der Waals surface area contributed by atoms with E-state index in [2.05, 4.69) is 10.2 Å². The van der Waals surface area contributed by atoms with Gasteiger partial charge in [-0.3, -0.25) is 14.4 Å². The van der Waals surface area contributed by atoms with Crippen LogP contribution in [0.25, 0.3) is 0 Å². The molecule has 3 amide bonds.